The molecule has 3 rings (SSSR count). The number of nitrogen functional groups attached to an aromatic ring is 1. The quantitative estimate of drug-likeness (QED) is 0.630. The Kier molecular flexibility index (Phi) is 4.00. The normalized spacial score (nSPS) is 23.0. The molecule has 1 fully saturated rings. The smallest absolute Gasteiger partial charge is 0.0727 e. The topological polar surface area (TPSA) is 50.9 Å². The minimum atomic E-state index is 0.571. The summed E-state index contributed by atoms with van der Waals surface area (Å²) in [6.45, 7) is 4.42. The van der Waals surface area contributed by atoms with E-state index in [0.717, 1.165) is 28.2 Å². The maximum Gasteiger partial charge on any atom is 0.0727 e. The lowest BCUT2D eigenvalue weighted by Crippen LogP contribution is -2.18. The molecule has 1 heterocycles. The number of hydrogen-bond donors (Lipinski definition) is 2. The fraction of sp³-hybridized carbons (Fsp3) is 0.500. The van der Waals surface area contributed by atoms with Gasteiger partial charge in [-0.15, -0.1) is 0 Å². The Morgan fingerprint density at radius 2 is 2.00 bits per heavy atom. The van der Waals surface area contributed by atoms with Crippen LogP contribution < -0.4 is 11.1 Å². The van der Waals surface area contributed by atoms with Crippen molar-refractivity contribution in [2.24, 2.45) is 5.92 Å². The molecule has 2 unspecified atom stereocenters. The lowest BCUT2D eigenvalue weighted by Gasteiger charge is -2.20. The van der Waals surface area contributed by atoms with E-state index in [-0.39, 0.29) is 0 Å². The number of nitrogens with zero attached hydrogens (tertiary/aromatic N) is 1. The van der Waals surface area contributed by atoms with Crippen molar-refractivity contribution in [3.8, 4) is 0 Å². The van der Waals surface area contributed by atoms with Crippen molar-refractivity contribution in [1.29, 1.82) is 0 Å². The van der Waals surface area contributed by atoms with E-state index in [1.165, 1.54) is 37.8 Å². The summed E-state index contributed by atoms with van der Waals surface area (Å²) in [4.78, 5) is 4.61. The summed E-state index contributed by atoms with van der Waals surface area (Å²) in [5.74, 6) is 0.864. The maximum absolute atomic E-state index is 5.95. The Hall–Kier alpha value is -1.77. The highest BCUT2D eigenvalue weighted by Gasteiger charge is 2.17. The van der Waals surface area contributed by atoms with E-state index < -0.39 is 0 Å². The third kappa shape index (κ3) is 3.29. The number of aromatic nitrogens is 1. The Bertz CT molecular complexity index is 636. The van der Waals surface area contributed by atoms with E-state index in [1.807, 2.05) is 18.2 Å². The second kappa shape index (κ2) is 5.92. The van der Waals surface area contributed by atoms with Gasteiger partial charge in [-0.05, 0) is 56.4 Å². The highest BCUT2D eigenvalue weighted by atomic mass is 14.9. The zero-order valence-corrected chi connectivity index (χ0v) is 13.0. The second-order valence-corrected chi connectivity index (χ2v) is 6.54. The highest BCUT2D eigenvalue weighted by molar-refractivity contribution is 5.93. The van der Waals surface area contributed by atoms with Gasteiger partial charge in [-0.25, -0.2) is 0 Å². The van der Waals surface area contributed by atoms with Crippen molar-refractivity contribution < 1.29 is 0 Å². The van der Waals surface area contributed by atoms with Crippen LogP contribution in [-0.4, -0.2) is 11.0 Å². The van der Waals surface area contributed by atoms with Crippen molar-refractivity contribution in [3.63, 3.8) is 0 Å². The van der Waals surface area contributed by atoms with Gasteiger partial charge in [0.25, 0.3) is 0 Å². The first-order valence-corrected chi connectivity index (χ1v) is 8.05. The molecule has 0 saturated heterocycles. The summed E-state index contributed by atoms with van der Waals surface area (Å²) in [5, 5.41) is 4.89. The Morgan fingerprint density at radius 1 is 1.14 bits per heavy atom. The van der Waals surface area contributed by atoms with Gasteiger partial charge in [-0.3, -0.25) is 4.98 Å². The molecule has 3 nitrogen and oxygen atoms in total. The van der Waals surface area contributed by atoms with Crippen molar-refractivity contribution >= 4 is 22.3 Å². The van der Waals surface area contributed by atoms with E-state index in [1.54, 1.807) is 0 Å². The first kappa shape index (κ1) is 14.2. The number of aryl methyl sites for hydroxylation is 1. The summed E-state index contributed by atoms with van der Waals surface area (Å²) in [7, 11) is 0. The average Bonchev–Trinajstić information content (AvgIpc) is 2.64. The van der Waals surface area contributed by atoms with Crippen molar-refractivity contribution in [2.75, 3.05) is 11.1 Å². The SMILES string of the molecule is Cc1cc(NC2CCCC(C)CC2)c2cc(N)ccc2n1. The molecule has 1 aliphatic carbocycles. The van der Waals surface area contributed by atoms with E-state index in [0.29, 0.717) is 6.04 Å². The molecule has 1 aromatic carbocycles. The van der Waals surface area contributed by atoms with E-state index in [9.17, 15) is 0 Å². The van der Waals surface area contributed by atoms with Crippen LogP contribution in [0.15, 0.2) is 24.3 Å². The number of benzene rings is 1. The van der Waals surface area contributed by atoms with Crippen molar-refractivity contribution in [3.05, 3.63) is 30.0 Å². The Morgan fingerprint density at radius 3 is 2.86 bits per heavy atom. The lowest BCUT2D eigenvalue weighted by atomic mass is 10.0. The molecule has 1 aromatic heterocycles. The molecule has 0 amide bonds. The fourth-order valence-corrected chi connectivity index (χ4v) is 3.35. The summed E-state index contributed by atoms with van der Waals surface area (Å²) in [6.07, 6.45) is 6.52. The van der Waals surface area contributed by atoms with Gasteiger partial charge in [0.15, 0.2) is 0 Å². The van der Waals surface area contributed by atoms with Gasteiger partial charge < -0.3 is 11.1 Å². The van der Waals surface area contributed by atoms with Gasteiger partial charge in [0.1, 0.15) is 0 Å². The van der Waals surface area contributed by atoms with Crippen LogP contribution >= 0.6 is 0 Å². The molecule has 2 atom stereocenters. The number of hydrogen-bond acceptors (Lipinski definition) is 3. The summed E-state index contributed by atoms with van der Waals surface area (Å²) >= 11 is 0. The molecule has 1 saturated carbocycles. The summed E-state index contributed by atoms with van der Waals surface area (Å²) < 4.78 is 0. The monoisotopic (exact) mass is 283 g/mol. The van der Waals surface area contributed by atoms with Crippen LogP contribution in [-0.2, 0) is 0 Å². The van der Waals surface area contributed by atoms with Crippen LogP contribution in [0.1, 0.15) is 44.7 Å². The fourth-order valence-electron chi connectivity index (χ4n) is 3.35. The molecule has 112 valence electrons. The van der Waals surface area contributed by atoms with Crippen LogP contribution in [0.3, 0.4) is 0 Å². The zero-order chi connectivity index (χ0) is 14.8. The van der Waals surface area contributed by atoms with Crippen LogP contribution in [0.5, 0.6) is 0 Å². The van der Waals surface area contributed by atoms with Crippen molar-refractivity contribution in [2.45, 2.75) is 52.0 Å². The Labute approximate surface area is 127 Å². The molecule has 0 radical (unpaired) electrons. The maximum atomic E-state index is 5.95. The molecule has 0 aliphatic heterocycles. The third-order valence-electron chi connectivity index (χ3n) is 4.58. The van der Waals surface area contributed by atoms with Crippen LogP contribution in [0.2, 0.25) is 0 Å². The lowest BCUT2D eigenvalue weighted by molar-refractivity contribution is 0.502. The molecular formula is C18H25N3. The number of fused-ring (bicyclic) bond motifs is 1. The molecular weight excluding hydrogens is 258 g/mol. The van der Waals surface area contributed by atoms with Gasteiger partial charge >= 0.3 is 0 Å². The van der Waals surface area contributed by atoms with Crippen LogP contribution in [0.4, 0.5) is 11.4 Å². The minimum absolute atomic E-state index is 0.571. The number of rotatable bonds is 2. The van der Waals surface area contributed by atoms with Gasteiger partial charge in [-0.2, -0.15) is 0 Å². The largest absolute Gasteiger partial charge is 0.399 e. The molecule has 3 N–H and O–H groups in total. The minimum Gasteiger partial charge on any atom is -0.399 e. The van der Waals surface area contributed by atoms with Gasteiger partial charge in [0.05, 0.1) is 5.52 Å². The zero-order valence-electron chi connectivity index (χ0n) is 13.0. The molecule has 2 aromatic rings. The van der Waals surface area contributed by atoms with Crippen molar-refractivity contribution in [1.82, 2.24) is 4.98 Å². The van der Waals surface area contributed by atoms with E-state index >= 15 is 0 Å². The number of nitrogens with one attached hydrogen (secondary N) is 1. The molecule has 21 heavy (non-hydrogen) atoms. The molecule has 0 spiro atoms. The standard InChI is InChI=1S/C18H25N3/c1-12-4-3-5-15(8-6-12)21-18-10-13(2)20-17-9-7-14(19)11-16(17)18/h7,9-12,15H,3-6,8,19H2,1-2H3,(H,20,21). The van der Waals surface area contributed by atoms with E-state index in [2.05, 4.69) is 30.2 Å². The molecule has 3 heteroatoms. The number of nitrogens with two attached hydrogens (primary N) is 1. The average molecular weight is 283 g/mol. The number of pyridine rings is 1. The number of anilines is 2. The van der Waals surface area contributed by atoms with Gasteiger partial charge in [0, 0.05) is 28.5 Å². The first-order valence-electron chi connectivity index (χ1n) is 8.05. The predicted molar refractivity (Wildman–Crippen MR) is 90.6 cm³/mol. The van der Waals surface area contributed by atoms with E-state index in [4.69, 9.17) is 5.73 Å². The summed E-state index contributed by atoms with van der Waals surface area (Å²) in [6, 6.07) is 8.69. The summed E-state index contributed by atoms with van der Waals surface area (Å²) in [5.41, 5.74) is 10.0. The first-order chi connectivity index (χ1) is 10.1. The molecule has 0 bridgehead atoms. The third-order valence-corrected chi connectivity index (χ3v) is 4.58. The van der Waals surface area contributed by atoms with Gasteiger partial charge in [0.2, 0.25) is 0 Å². The second-order valence-electron chi connectivity index (χ2n) is 6.54. The Balaban J connectivity index is 1.90. The van der Waals surface area contributed by atoms with Gasteiger partial charge in [-0.1, -0.05) is 19.8 Å². The highest BCUT2D eigenvalue weighted by Crippen LogP contribution is 2.29. The molecule has 1 aliphatic rings. The predicted octanol–water partition coefficient (Wildman–Crippen LogP) is 4.51. The van der Waals surface area contributed by atoms with Crippen LogP contribution in [0, 0.1) is 12.8 Å². The van der Waals surface area contributed by atoms with Crippen LogP contribution in [0.25, 0.3) is 10.9 Å².